The molecule has 0 radical (unpaired) electrons. The van der Waals surface area contributed by atoms with Crippen LogP contribution in [0.2, 0.25) is 25.1 Å². The number of nitrogens with zero attached hydrogens (tertiary/aromatic N) is 10. The van der Waals surface area contributed by atoms with Crippen molar-refractivity contribution in [1.82, 2.24) is 53.6 Å². The molecule has 0 bridgehead atoms. The number of benzene rings is 10. The summed E-state index contributed by atoms with van der Waals surface area (Å²) in [6.07, 6.45) is 2.12. The molecule has 5 aromatic heterocycles. The van der Waals surface area contributed by atoms with E-state index in [1.165, 1.54) is 39.5 Å². The topological polar surface area (TPSA) is 307 Å². The number of carbonyl (C=O) groups is 5. The Morgan fingerprint density at radius 2 is 0.700 bits per heavy atom. The Labute approximate surface area is 902 Å². The zero-order chi connectivity index (χ0) is 108. The SMILES string of the molecule is C=S(C)(=O)NC(=O)C(C)(C)OCc1cc(-c2cccc(OC)c2)n(Cc2ccccc2Cl)n1.CC(=O)C(C)(C)OCc1cc(-c2cccc(O)c2)n(Cc2ccccc2Cl)n1.CC(=O)C(C)(C)OCc1cc(-c2cccc(OCC3COC3)c2)n(Cc2ccccc2Cl)n1.CC(=O)C(C)(C)OCc1cc(Cc2ccccc2)n(Cc2ccccc2Cl)n1.CC(=O)C(C)(C)OCc1cc(Oc2ccccc2)n(Cc2ccccc2Cl)n1. The average Bonchev–Trinajstić information content (AvgIpc) is 1.67. The fourth-order valence-corrected chi connectivity index (χ4v) is 16.1. The summed E-state index contributed by atoms with van der Waals surface area (Å²) < 4.78 is 75.2. The number of phenols is 1. The third-order valence-electron chi connectivity index (χ3n) is 24.8. The first-order chi connectivity index (χ1) is 71.3. The number of methoxy groups -OCH3 is 1. The smallest absolute Gasteiger partial charge is 0.262 e. The molecule has 1 fully saturated rings. The van der Waals surface area contributed by atoms with Crippen molar-refractivity contribution in [2.45, 2.75) is 197 Å². The van der Waals surface area contributed by atoms with Crippen molar-refractivity contribution in [3.63, 3.8) is 0 Å². The van der Waals surface area contributed by atoms with Crippen molar-refractivity contribution in [3.05, 3.63) is 378 Å². The van der Waals surface area contributed by atoms with Crippen LogP contribution < -0.4 is 18.9 Å². The second-order valence-corrected chi connectivity index (χ2v) is 42.9. The Hall–Kier alpha value is -13.2. The van der Waals surface area contributed by atoms with Crippen molar-refractivity contribution in [2.24, 2.45) is 5.92 Å². The van der Waals surface area contributed by atoms with E-state index in [1.54, 1.807) is 99.2 Å². The van der Waals surface area contributed by atoms with Crippen molar-refractivity contribution >= 4 is 103 Å². The maximum atomic E-state index is 12.4. The van der Waals surface area contributed by atoms with Gasteiger partial charge in [0, 0.05) is 81.9 Å². The molecule has 1 aliphatic rings. The molecule has 27 nitrogen and oxygen atoms in total. The van der Waals surface area contributed by atoms with Gasteiger partial charge in [0.15, 0.2) is 23.1 Å². The molecule has 0 saturated carbocycles. The van der Waals surface area contributed by atoms with E-state index < -0.39 is 43.6 Å². The lowest BCUT2D eigenvalue weighted by atomic mass is 10.1. The molecule has 10 aromatic carbocycles. The lowest BCUT2D eigenvalue weighted by molar-refractivity contribution is -0.142. The highest BCUT2D eigenvalue weighted by Crippen LogP contribution is 2.36. The predicted octanol–water partition coefficient (Wildman–Crippen LogP) is 24.3. The lowest BCUT2D eigenvalue weighted by Gasteiger charge is -2.25. The van der Waals surface area contributed by atoms with Crippen LogP contribution in [0, 0.1) is 5.92 Å². The molecule has 33 heteroatoms. The van der Waals surface area contributed by atoms with Crippen molar-refractivity contribution in [3.8, 4) is 62.7 Å². The Morgan fingerprint density at radius 1 is 0.387 bits per heavy atom. The van der Waals surface area contributed by atoms with Crippen LogP contribution in [0.1, 0.15) is 164 Å². The van der Waals surface area contributed by atoms with Gasteiger partial charge >= 0.3 is 0 Å². The molecule has 788 valence electrons. The minimum Gasteiger partial charge on any atom is -0.508 e. The van der Waals surface area contributed by atoms with Crippen LogP contribution in [0.4, 0.5) is 0 Å². The number of phenolic OH excluding ortho intramolecular Hbond substituents is 1. The number of nitrogens with one attached hydrogen (secondary N) is 1. The van der Waals surface area contributed by atoms with Gasteiger partial charge in [-0.2, -0.15) is 25.5 Å². The number of hydrogen-bond donors (Lipinski definition) is 2. The van der Waals surface area contributed by atoms with Gasteiger partial charge in [0.1, 0.15) is 51.0 Å². The highest BCUT2D eigenvalue weighted by Gasteiger charge is 2.33. The molecule has 6 heterocycles. The monoisotopic (exact) mass is 2150 g/mol. The number of ether oxygens (including phenoxy) is 9. The number of Topliss-reactive ketones (excluding diaryl/α,β-unsaturated/α-hetero) is 4. The summed E-state index contributed by atoms with van der Waals surface area (Å²) in [5, 5.41) is 36.7. The van der Waals surface area contributed by atoms with E-state index in [9.17, 15) is 33.3 Å². The molecule has 1 unspecified atom stereocenters. The summed E-state index contributed by atoms with van der Waals surface area (Å²) in [4.78, 5) is 59.4. The van der Waals surface area contributed by atoms with Crippen LogP contribution >= 0.6 is 58.0 Å². The van der Waals surface area contributed by atoms with Gasteiger partial charge in [-0.25, -0.2) is 8.89 Å². The first kappa shape index (κ1) is 116. The third kappa shape index (κ3) is 34.2. The Morgan fingerprint density at radius 3 is 1.07 bits per heavy atom. The summed E-state index contributed by atoms with van der Waals surface area (Å²) >= 11 is 31.8. The van der Waals surface area contributed by atoms with E-state index in [2.05, 4.69) is 32.9 Å². The number of para-hydroxylation sites is 1. The van der Waals surface area contributed by atoms with Crippen LogP contribution in [0.25, 0.3) is 33.8 Å². The van der Waals surface area contributed by atoms with Crippen molar-refractivity contribution < 1.29 is 75.9 Å². The van der Waals surface area contributed by atoms with E-state index in [-0.39, 0.29) is 61.9 Å². The lowest BCUT2D eigenvalue weighted by Crippen LogP contribution is -2.46. The first-order valence-electron chi connectivity index (χ1n) is 48.7. The van der Waals surface area contributed by atoms with Crippen LogP contribution in [-0.4, -0.2) is 154 Å². The quantitative estimate of drug-likeness (QED) is 0.0336. The Kier molecular flexibility index (Phi) is 40.8. The molecule has 1 aliphatic heterocycles. The maximum Gasteiger partial charge on any atom is 0.262 e. The van der Waals surface area contributed by atoms with Gasteiger partial charge in [-0.1, -0.05) is 234 Å². The van der Waals surface area contributed by atoms with Crippen LogP contribution in [0.3, 0.4) is 0 Å². The van der Waals surface area contributed by atoms with Gasteiger partial charge in [-0.15, -0.1) is 0 Å². The zero-order valence-electron chi connectivity index (χ0n) is 87.2. The number of rotatable bonds is 42. The molecular formula is C117H128Cl5N11O16S. The largest absolute Gasteiger partial charge is 0.508 e. The van der Waals surface area contributed by atoms with Gasteiger partial charge in [0.2, 0.25) is 5.88 Å². The van der Waals surface area contributed by atoms with Crippen LogP contribution in [0.15, 0.2) is 285 Å². The normalized spacial score (nSPS) is 12.5. The zero-order valence-corrected chi connectivity index (χ0v) is 91.8. The fourth-order valence-electron chi connectivity index (χ4n) is 14.5. The van der Waals surface area contributed by atoms with Crippen molar-refractivity contribution in [1.29, 1.82) is 0 Å². The number of aromatic hydroxyl groups is 1. The molecule has 1 amide bonds. The highest BCUT2D eigenvalue weighted by molar-refractivity contribution is 7.98. The van der Waals surface area contributed by atoms with Crippen LogP contribution in [-0.2, 0) is 134 Å². The number of aromatic nitrogens is 10. The summed E-state index contributed by atoms with van der Waals surface area (Å²) in [5.41, 5.74) is 11.3. The minimum absolute atomic E-state index is 0.00694. The number of halogens is 5. The Balaban J connectivity index is 0.000000167. The molecule has 16 rings (SSSR count). The van der Waals surface area contributed by atoms with Gasteiger partial charge in [0.25, 0.3) is 5.91 Å². The molecular weight excluding hydrogens is 2020 g/mol. The Bertz CT molecular complexity index is 7080. The molecule has 1 atom stereocenters. The fraction of sp³-hybridized carbons (Fsp3) is 0.308. The molecule has 1 saturated heterocycles. The van der Waals surface area contributed by atoms with E-state index in [4.69, 9.17) is 116 Å². The summed E-state index contributed by atoms with van der Waals surface area (Å²) in [6.45, 7) is 29.0. The van der Waals surface area contributed by atoms with Crippen LogP contribution in [0.5, 0.6) is 28.9 Å². The third-order valence-corrected chi connectivity index (χ3v) is 27.2. The summed E-state index contributed by atoms with van der Waals surface area (Å²) in [5.74, 6) is 6.28. The average molecular weight is 2150 g/mol. The number of hydrogen-bond acceptors (Lipinski definition) is 21. The van der Waals surface area contributed by atoms with Gasteiger partial charge in [0.05, 0.1) is 138 Å². The minimum atomic E-state index is -2.70. The second-order valence-electron chi connectivity index (χ2n) is 38.7. The summed E-state index contributed by atoms with van der Waals surface area (Å²) in [7, 11) is -1.08. The van der Waals surface area contributed by atoms with E-state index in [1.807, 2.05) is 274 Å². The van der Waals surface area contributed by atoms with Gasteiger partial charge < -0.3 is 47.7 Å². The molecule has 0 aliphatic carbocycles. The van der Waals surface area contributed by atoms with Gasteiger partial charge in [-0.05, 0) is 239 Å². The molecule has 150 heavy (non-hydrogen) atoms. The number of carbonyl (C=O) groups excluding carboxylic acids is 5. The van der Waals surface area contributed by atoms with Gasteiger partial charge in [-0.3, -0.25) is 47.4 Å². The standard InChI is InChI=1S/C26H29ClN2O4.C24H28ClN3O4S.C23H25ClN2O2.2C22H23ClN2O3/c1-18(30)26(2,3)33-17-22-12-25(29(28-22)13-21-7-4-5-10-24(21)27)20-8-6-9-23(11-20)32-16-19-14-31-15-19;1-24(2,23(29)27-33(4,5)30)32-16-19-14-22(17-10-8-11-20(13-17)31-3)28(26-19)15-18-9-6-7-12-21(18)25;1-17(27)23(2,3)28-16-20-14-21(13-18-9-5-4-6-10-18)26(25-20)15-19-11-7-8-12-22(19)24;1-15(26)22(2,3)28-14-18-12-21(16-8-6-9-19(27)11-16)25(24-18)13-17-7-4-5-10-20(17)23;1-16(26)22(2,3)27-15-18-13-21(28-19-10-5-4-6-11-19)25(24-18)14-17-9-7-8-12-20(17)23/h4-12,19H,13-17H2,1-3H3;6-14H,4,15-16H2,1-3,5H3,(H,27,29,30);4-12,14H,13,15-16H2,1-3H3;4-12,27H,13-14H2,1-3H3;4-13H,14-15H2,1-3H3. The van der Waals surface area contributed by atoms with E-state index >= 15 is 0 Å². The summed E-state index contributed by atoms with van der Waals surface area (Å²) in [6, 6.07) is 90.4. The molecule has 2 N–H and O–H groups in total. The van der Waals surface area contributed by atoms with E-state index in [0.717, 1.165) is 115 Å². The van der Waals surface area contributed by atoms with E-state index in [0.29, 0.717) is 94.1 Å². The highest BCUT2D eigenvalue weighted by atomic mass is 35.5. The maximum absolute atomic E-state index is 12.4. The van der Waals surface area contributed by atoms with Crippen molar-refractivity contribution in [2.75, 3.05) is 33.2 Å². The molecule has 15 aromatic rings. The number of amides is 1. The second kappa shape index (κ2) is 53.0. The number of ketones is 4. The predicted molar refractivity (Wildman–Crippen MR) is 590 cm³/mol. The molecule has 0 spiro atoms. The first-order valence-corrected chi connectivity index (χ1v) is 52.7.